The number of nitrogens with one attached hydrogen (secondary N) is 1. The van der Waals surface area contributed by atoms with Crippen LogP contribution >= 0.6 is 0 Å². The first-order valence-corrected chi connectivity index (χ1v) is 8.16. The molecule has 1 aromatic heterocycles. The number of hydrogen-bond donors (Lipinski definition) is 1. The van der Waals surface area contributed by atoms with Gasteiger partial charge < -0.3 is 5.32 Å². The Kier molecular flexibility index (Phi) is 4.60. The zero-order valence-corrected chi connectivity index (χ0v) is 13.8. The molecule has 2 heterocycles. The van der Waals surface area contributed by atoms with E-state index in [2.05, 4.69) is 66.0 Å². The van der Waals surface area contributed by atoms with Gasteiger partial charge in [0.05, 0.1) is 12.2 Å². The summed E-state index contributed by atoms with van der Waals surface area (Å²) >= 11 is 0. The highest BCUT2D eigenvalue weighted by atomic mass is 15.3. The normalized spacial score (nSPS) is 19.5. The van der Waals surface area contributed by atoms with Gasteiger partial charge in [0.25, 0.3) is 0 Å². The van der Waals surface area contributed by atoms with E-state index in [4.69, 9.17) is 5.10 Å². The van der Waals surface area contributed by atoms with Crippen molar-refractivity contribution < 1.29 is 0 Å². The number of hydrogen-bond acceptors (Lipinski definition) is 3. The van der Waals surface area contributed by atoms with Crippen molar-refractivity contribution in [3.63, 3.8) is 0 Å². The minimum atomic E-state index is 0.578. The lowest BCUT2D eigenvalue weighted by atomic mass is 10.1. The van der Waals surface area contributed by atoms with Crippen LogP contribution in [0.15, 0.2) is 30.3 Å². The first kappa shape index (κ1) is 15.3. The molecule has 0 aliphatic carbocycles. The van der Waals surface area contributed by atoms with Crippen LogP contribution in [-0.2, 0) is 13.1 Å². The molecule has 0 saturated carbocycles. The Morgan fingerprint density at radius 2 is 1.95 bits per heavy atom. The van der Waals surface area contributed by atoms with Crippen LogP contribution in [0.2, 0.25) is 0 Å². The lowest BCUT2D eigenvalue weighted by molar-refractivity contribution is 0.199. The van der Waals surface area contributed by atoms with Gasteiger partial charge in [-0.05, 0) is 26.3 Å². The monoisotopic (exact) mass is 298 g/mol. The standard InChI is InChI=1S/C18H26N4/c1-14-11-21(10-9-19-14)13-18-15(2)20-22(16(18)3)12-17-7-5-4-6-8-17/h4-8,14,19H,9-13H2,1-3H3/t14-/m0/s1. The third-order valence-electron chi connectivity index (χ3n) is 4.54. The van der Waals surface area contributed by atoms with E-state index < -0.39 is 0 Å². The van der Waals surface area contributed by atoms with Gasteiger partial charge in [0.1, 0.15) is 0 Å². The number of nitrogens with zero attached hydrogens (tertiary/aromatic N) is 3. The third-order valence-corrected chi connectivity index (χ3v) is 4.54. The van der Waals surface area contributed by atoms with Crippen molar-refractivity contribution in [3.05, 3.63) is 52.8 Å². The van der Waals surface area contributed by atoms with E-state index in [1.54, 1.807) is 0 Å². The molecular formula is C18H26N4. The highest BCUT2D eigenvalue weighted by Gasteiger charge is 2.19. The van der Waals surface area contributed by atoms with Crippen LogP contribution < -0.4 is 5.32 Å². The SMILES string of the molecule is Cc1nn(Cc2ccccc2)c(C)c1CN1CCN[C@@H](C)C1. The molecule has 0 radical (unpaired) electrons. The zero-order valence-electron chi connectivity index (χ0n) is 13.8. The fourth-order valence-corrected chi connectivity index (χ4v) is 3.25. The predicted octanol–water partition coefficient (Wildman–Crippen LogP) is 2.34. The summed E-state index contributed by atoms with van der Waals surface area (Å²) in [5.41, 5.74) is 5.16. The molecule has 1 aliphatic rings. The van der Waals surface area contributed by atoms with E-state index in [0.29, 0.717) is 6.04 Å². The quantitative estimate of drug-likeness (QED) is 0.940. The Morgan fingerprint density at radius 3 is 2.68 bits per heavy atom. The van der Waals surface area contributed by atoms with Crippen LogP contribution in [0, 0.1) is 13.8 Å². The third kappa shape index (κ3) is 3.39. The van der Waals surface area contributed by atoms with Crippen molar-refractivity contribution in [1.82, 2.24) is 20.0 Å². The van der Waals surface area contributed by atoms with Crippen molar-refractivity contribution in [1.29, 1.82) is 0 Å². The Hall–Kier alpha value is -1.65. The molecule has 0 amide bonds. The highest BCUT2D eigenvalue weighted by molar-refractivity contribution is 5.26. The number of aromatic nitrogens is 2. The largest absolute Gasteiger partial charge is 0.312 e. The molecule has 4 nitrogen and oxygen atoms in total. The highest BCUT2D eigenvalue weighted by Crippen LogP contribution is 2.18. The fraction of sp³-hybridized carbons (Fsp3) is 0.500. The minimum absolute atomic E-state index is 0.578. The second-order valence-corrected chi connectivity index (χ2v) is 6.38. The molecule has 1 aromatic carbocycles. The number of rotatable bonds is 4. The average Bonchev–Trinajstić information content (AvgIpc) is 2.76. The van der Waals surface area contributed by atoms with Gasteiger partial charge >= 0.3 is 0 Å². The van der Waals surface area contributed by atoms with Gasteiger partial charge in [0, 0.05) is 43.5 Å². The lowest BCUT2D eigenvalue weighted by Gasteiger charge is -2.31. The van der Waals surface area contributed by atoms with Crippen molar-refractivity contribution in [2.75, 3.05) is 19.6 Å². The molecule has 1 saturated heterocycles. The molecule has 1 aliphatic heterocycles. The van der Waals surface area contributed by atoms with Gasteiger partial charge in [-0.1, -0.05) is 30.3 Å². The van der Waals surface area contributed by atoms with Gasteiger partial charge in [0.15, 0.2) is 0 Å². The van der Waals surface area contributed by atoms with Crippen molar-refractivity contribution >= 4 is 0 Å². The molecule has 0 spiro atoms. The summed E-state index contributed by atoms with van der Waals surface area (Å²) in [6.07, 6.45) is 0. The average molecular weight is 298 g/mol. The van der Waals surface area contributed by atoms with Gasteiger partial charge in [-0.2, -0.15) is 5.10 Å². The first-order chi connectivity index (χ1) is 10.6. The van der Waals surface area contributed by atoms with Gasteiger partial charge in [-0.3, -0.25) is 9.58 Å². The fourth-order valence-electron chi connectivity index (χ4n) is 3.25. The van der Waals surface area contributed by atoms with E-state index in [0.717, 1.165) is 32.7 Å². The van der Waals surface area contributed by atoms with Crippen LogP contribution in [0.25, 0.3) is 0 Å². The second kappa shape index (κ2) is 6.63. The van der Waals surface area contributed by atoms with E-state index in [9.17, 15) is 0 Å². The maximum absolute atomic E-state index is 4.76. The first-order valence-electron chi connectivity index (χ1n) is 8.16. The van der Waals surface area contributed by atoms with Gasteiger partial charge in [-0.25, -0.2) is 0 Å². The summed E-state index contributed by atoms with van der Waals surface area (Å²) in [4.78, 5) is 2.53. The molecular weight excluding hydrogens is 272 g/mol. The summed E-state index contributed by atoms with van der Waals surface area (Å²) in [5.74, 6) is 0. The van der Waals surface area contributed by atoms with E-state index in [-0.39, 0.29) is 0 Å². The van der Waals surface area contributed by atoms with E-state index in [1.165, 1.54) is 22.5 Å². The Labute approximate surface area is 133 Å². The van der Waals surface area contributed by atoms with Gasteiger partial charge in [-0.15, -0.1) is 0 Å². The van der Waals surface area contributed by atoms with Crippen molar-refractivity contribution in [2.45, 2.75) is 39.9 Å². The number of aryl methyl sites for hydroxylation is 1. The van der Waals surface area contributed by atoms with Crippen molar-refractivity contribution in [2.24, 2.45) is 0 Å². The van der Waals surface area contributed by atoms with Crippen LogP contribution in [0.1, 0.15) is 29.4 Å². The van der Waals surface area contributed by atoms with Crippen LogP contribution in [-0.4, -0.2) is 40.4 Å². The maximum atomic E-state index is 4.76. The smallest absolute Gasteiger partial charge is 0.0662 e. The predicted molar refractivity (Wildman–Crippen MR) is 90.0 cm³/mol. The molecule has 3 rings (SSSR count). The molecule has 1 fully saturated rings. The Morgan fingerprint density at radius 1 is 1.18 bits per heavy atom. The molecule has 1 atom stereocenters. The minimum Gasteiger partial charge on any atom is -0.312 e. The maximum Gasteiger partial charge on any atom is 0.0662 e. The molecule has 22 heavy (non-hydrogen) atoms. The van der Waals surface area contributed by atoms with Gasteiger partial charge in [0.2, 0.25) is 0 Å². The molecule has 0 unspecified atom stereocenters. The second-order valence-electron chi connectivity index (χ2n) is 6.38. The summed E-state index contributed by atoms with van der Waals surface area (Å²) < 4.78 is 2.14. The number of piperazine rings is 1. The summed E-state index contributed by atoms with van der Waals surface area (Å²) in [6.45, 7) is 11.8. The molecule has 118 valence electrons. The molecule has 2 aromatic rings. The van der Waals surface area contributed by atoms with Crippen LogP contribution in [0.4, 0.5) is 0 Å². The topological polar surface area (TPSA) is 33.1 Å². The molecule has 0 bridgehead atoms. The Bertz CT molecular complexity index is 618. The summed E-state index contributed by atoms with van der Waals surface area (Å²) in [6, 6.07) is 11.1. The molecule has 1 N–H and O–H groups in total. The molecule has 4 heteroatoms. The van der Waals surface area contributed by atoms with Crippen LogP contribution in [0.3, 0.4) is 0 Å². The number of benzene rings is 1. The summed E-state index contributed by atoms with van der Waals surface area (Å²) in [5, 5.41) is 8.27. The lowest BCUT2D eigenvalue weighted by Crippen LogP contribution is -2.48. The zero-order chi connectivity index (χ0) is 15.5. The van der Waals surface area contributed by atoms with Crippen molar-refractivity contribution in [3.8, 4) is 0 Å². The van der Waals surface area contributed by atoms with E-state index >= 15 is 0 Å². The summed E-state index contributed by atoms with van der Waals surface area (Å²) in [7, 11) is 0. The Balaban J connectivity index is 1.75. The van der Waals surface area contributed by atoms with E-state index in [1.807, 2.05) is 0 Å². The van der Waals surface area contributed by atoms with Crippen LogP contribution in [0.5, 0.6) is 0 Å².